The average molecular weight is 238 g/mol. The summed E-state index contributed by atoms with van der Waals surface area (Å²) in [5.41, 5.74) is 0. The maximum absolute atomic E-state index is 10.6. The van der Waals surface area contributed by atoms with Gasteiger partial charge in [0.05, 0.1) is 5.75 Å². The lowest BCUT2D eigenvalue weighted by Gasteiger charge is -2.35. The molecule has 0 aromatic heterocycles. The van der Waals surface area contributed by atoms with Crippen LogP contribution in [0.1, 0.15) is 6.42 Å². The van der Waals surface area contributed by atoms with E-state index in [1.165, 1.54) is 0 Å². The molecule has 1 atom stereocenters. The third kappa shape index (κ3) is 4.89. The van der Waals surface area contributed by atoms with Crippen LogP contribution < -0.4 is 5.32 Å². The molecule has 1 saturated heterocycles. The van der Waals surface area contributed by atoms with Crippen LogP contribution in [0.5, 0.6) is 0 Å². The first-order chi connectivity index (χ1) is 7.03. The minimum Gasteiger partial charge on any atom is -0.396 e. The molecule has 0 amide bonds. The Balaban J connectivity index is 2.42. The van der Waals surface area contributed by atoms with Crippen LogP contribution in [0.2, 0.25) is 0 Å². The molecule has 0 aromatic carbocycles. The topological polar surface area (TPSA) is 89.9 Å². The van der Waals surface area contributed by atoms with Crippen LogP contribution in [-0.2, 0) is 10.1 Å². The second kappa shape index (κ2) is 5.76. The first kappa shape index (κ1) is 12.9. The van der Waals surface area contributed by atoms with Crippen LogP contribution in [-0.4, -0.2) is 67.6 Å². The lowest BCUT2D eigenvalue weighted by molar-refractivity contribution is 0.137. The standard InChI is InChI=1S/C8H18N2O4S/c11-5-1-8-7-9-2-3-10(8)4-6-15(12,13)14/h8-9,11H,1-7H2,(H,12,13,14). The van der Waals surface area contributed by atoms with E-state index in [1.54, 1.807) is 0 Å². The van der Waals surface area contributed by atoms with Gasteiger partial charge in [-0.3, -0.25) is 9.45 Å². The van der Waals surface area contributed by atoms with Gasteiger partial charge in [-0.1, -0.05) is 0 Å². The highest BCUT2D eigenvalue weighted by molar-refractivity contribution is 7.85. The highest BCUT2D eigenvalue weighted by Gasteiger charge is 2.22. The number of nitrogens with one attached hydrogen (secondary N) is 1. The maximum atomic E-state index is 10.6. The van der Waals surface area contributed by atoms with Crippen LogP contribution in [0.4, 0.5) is 0 Å². The van der Waals surface area contributed by atoms with E-state index in [-0.39, 0.29) is 18.4 Å². The fourth-order valence-electron chi connectivity index (χ4n) is 1.76. The van der Waals surface area contributed by atoms with Crippen molar-refractivity contribution in [3.05, 3.63) is 0 Å². The zero-order chi connectivity index (χ0) is 11.3. The number of hydrogen-bond acceptors (Lipinski definition) is 5. The predicted molar refractivity (Wildman–Crippen MR) is 56.3 cm³/mol. The molecule has 15 heavy (non-hydrogen) atoms. The summed E-state index contributed by atoms with van der Waals surface area (Å²) in [7, 11) is -3.89. The SMILES string of the molecule is O=S(=O)(O)CCN1CCNCC1CCO. The monoisotopic (exact) mass is 238 g/mol. The van der Waals surface area contributed by atoms with Gasteiger partial charge in [-0.15, -0.1) is 0 Å². The molecule has 0 aliphatic carbocycles. The molecular formula is C8H18N2O4S. The van der Waals surface area contributed by atoms with Crippen molar-refractivity contribution in [3.8, 4) is 0 Å². The second-order valence-electron chi connectivity index (χ2n) is 3.69. The van der Waals surface area contributed by atoms with E-state index in [1.807, 2.05) is 4.90 Å². The Morgan fingerprint density at radius 2 is 2.20 bits per heavy atom. The second-order valence-corrected chi connectivity index (χ2v) is 5.26. The molecule has 0 radical (unpaired) electrons. The minimum absolute atomic E-state index is 0.0920. The quantitative estimate of drug-likeness (QED) is 0.507. The van der Waals surface area contributed by atoms with Crippen molar-refractivity contribution in [2.45, 2.75) is 12.5 Å². The van der Waals surface area contributed by atoms with Crippen LogP contribution in [0.15, 0.2) is 0 Å². The van der Waals surface area contributed by atoms with Crippen molar-refractivity contribution >= 4 is 10.1 Å². The van der Waals surface area contributed by atoms with Gasteiger partial charge in [0.1, 0.15) is 0 Å². The Kier molecular flexibility index (Phi) is 4.94. The molecule has 1 aliphatic rings. The summed E-state index contributed by atoms with van der Waals surface area (Å²) >= 11 is 0. The summed E-state index contributed by atoms with van der Waals surface area (Å²) in [5.74, 6) is -0.241. The molecule has 1 aliphatic heterocycles. The van der Waals surface area contributed by atoms with Gasteiger partial charge in [0.25, 0.3) is 10.1 Å². The van der Waals surface area contributed by atoms with Gasteiger partial charge in [0.2, 0.25) is 0 Å². The fourth-order valence-corrected chi connectivity index (χ4v) is 2.23. The summed E-state index contributed by atoms with van der Waals surface area (Å²) in [6, 6.07) is 0.158. The van der Waals surface area contributed by atoms with E-state index in [2.05, 4.69) is 5.32 Å². The molecular weight excluding hydrogens is 220 g/mol. The van der Waals surface area contributed by atoms with E-state index < -0.39 is 10.1 Å². The molecule has 1 unspecified atom stereocenters. The molecule has 7 heteroatoms. The van der Waals surface area contributed by atoms with Crippen LogP contribution in [0.3, 0.4) is 0 Å². The molecule has 0 bridgehead atoms. The number of nitrogens with zero attached hydrogens (tertiary/aromatic N) is 1. The lowest BCUT2D eigenvalue weighted by atomic mass is 10.1. The summed E-state index contributed by atoms with van der Waals surface area (Å²) in [4.78, 5) is 1.99. The average Bonchev–Trinajstić information content (AvgIpc) is 2.16. The van der Waals surface area contributed by atoms with Gasteiger partial charge >= 0.3 is 0 Å². The Hall–Kier alpha value is -0.210. The number of piperazine rings is 1. The third-order valence-electron chi connectivity index (χ3n) is 2.57. The van der Waals surface area contributed by atoms with Crippen molar-refractivity contribution in [2.75, 3.05) is 38.5 Å². The Labute approximate surface area is 90.0 Å². The first-order valence-corrected chi connectivity index (χ1v) is 6.64. The van der Waals surface area contributed by atoms with E-state index in [9.17, 15) is 8.42 Å². The van der Waals surface area contributed by atoms with Gasteiger partial charge < -0.3 is 10.4 Å². The molecule has 0 saturated carbocycles. The van der Waals surface area contributed by atoms with E-state index in [0.29, 0.717) is 13.0 Å². The summed E-state index contributed by atoms with van der Waals surface area (Å²) in [6.45, 7) is 2.74. The van der Waals surface area contributed by atoms with Gasteiger partial charge in [0, 0.05) is 38.8 Å². The summed E-state index contributed by atoms with van der Waals surface area (Å²) in [5, 5.41) is 12.0. The Morgan fingerprint density at radius 3 is 2.80 bits per heavy atom. The largest absolute Gasteiger partial charge is 0.396 e. The lowest BCUT2D eigenvalue weighted by Crippen LogP contribution is -2.52. The molecule has 0 aromatic rings. The molecule has 1 fully saturated rings. The third-order valence-corrected chi connectivity index (χ3v) is 3.27. The molecule has 90 valence electrons. The maximum Gasteiger partial charge on any atom is 0.266 e. The predicted octanol–water partition coefficient (Wildman–Crippen LogP) is -1.47. The normalized spacial score (nSPS) is 24.3. The number of hydrogen-bond donors (Lipinski definition) is 3. The fraction of sp³-hybridized carbons (Fsp3) is 1.00. The van der Waals surface area contributed by atoms with Gasteiger partial charge in [-0.25, -0.2) is 0 Å². The van der Waals surface area contributed by atoms with Gasteiger partial charge in [0.15, 0.2) is 0 Å². The molecule has 1 rings (SSSR count). The van der Waals surface area contributed by atoms with Crippen LogP contribution >= 0.6 is 0 Å². The zero-order valence-electron chi connectivity index (χ0n) is 8.59. The molecule has 6 nitrogen and oxygen atoms in total. The minimum atomic E-state index is -3.89. The number of aliphatic hydroxyl groups excluding tert-OH is 1. The summed E-state index contributed by atoms with van der Waals surface area (Å²) in [6.07, 6.45) is 0.623. The van der Waals surface area contributed by atoms with E-state index in [0.717, 1.165) is 19.6 Å². The van der Waals surface area contributed by atoms with Crippen molar-refractivity contribution in [3.63, 3.8) is 0 Å². The Bertz CT molecular complexity index is 278. The summed E-state index contributed by atoms with van der Waals surface area (Å²) < 4.78 is 29.8. The smallest absolute Gasteiger partial charge is 0.266 e. The molecule has 1 heterocycles. The number of rotatable bonds is 5. The van der Waals surface area contributed by atoms with Gasteiger partial charge in [-0.05, 0) is 6.42 Å². The molecule has 3 N–H and O–H groups in total. The van der Waals surface area contributed by atoms with Crippen molar-refractivity contribution in [1.29, 1.82) is 0 Å². The van der Waals surface area contributed by atoms with Crippen molar-refractivity contribution < 1.29 is 18.1 Å². The van der Waals surface area contributed by atoms with E-state index in [4.69, 9.17) is 9.66 Å². The highest BCUT2D eigenvalue weighted by atomic mass is 32.2. The van der Waals surface area contributed by atoms with Crippen LogP contribution in [0, 0.1) is 0 Å². The molecule has 0 spiro atoms. The van der Waals surface area contributed by atoms with Crippen molar-refractivity contribution in [2.24, 2.45) is 0 Å². The first-order valence-electron chi connectivity index (χ1n) is 5.04. The van der Waals surface area contributed by atoms with Crippen LogP contribution in [0.25, 0.3) is 0 Å². The zero-order valence-corrected chi connectivity index (χ0v) is 9.41. The highest BCUT2D eigenvalue weighted by Crippen LogP contribution is 2.06. The number of aliphatic hydroxyl groups is 1. The van der Waals surface area contributed by atoms with Crippen molar-refractivity contribution in [1.82, 2.24) is 10.2 Å². The van der Waals surface area contributed by atoms with E-state index >= 15 is 0 Å². The Morgan fingerprint density at radius 1 is 1.47 bits per heavy atom. The van der Waals surface area contributed by atoms with Gasteiger partial charge in [-0.2, -0.15) is 8.42 Å².